The Bertz CT molecular complexity index is 842. The van der Waals surface area contributed by atoms with Gasteiger partial charge in [-0.05, 0) is 39.8 Å². The van der Waals surface area contributed by atoms with Crippen LogP contribution in [0.15, 0.2) is 63.0 Å². The third-order valence-electron chi connectivity index (χ3n) is 3.29. The van der Waals surface area contributed by atoms with Crippen LogP contribution in [0.2, 0.25) is 0 Å². The molecule has 0 spiro atoms. The number of carbonyl (C=O) groups is 2. The summed E-state index contributed by atoms with van der Waals surface area (Å²) < 4.78 is 0.785. The highest BCUT2D eigenvalue weighted by Gasteiger charge is 2.30. The summed E-state index contributed by atoms with van der Waals surface area (Å²) >= 11 is 4.63. The molecule has 7 nitrogen and oxygen atoms in total. The second kappa shape index (κ2) is 7.77. The zero-order chi connectivity index (χ0) is 17.8. The van der Waals surface area contributed by atoms with Crippen molar-refractivity contribution in [3.8, 4) is 0 Å². The van der Waals surface area contributed by atoms with Crippen LogP contribution < -0.4 is 5.32 Å². The first kappa shape index (κ1) is 17.6. The van der Waals surface area contributed by atoms with Crippen molar-refractivity contribution in [2.24, 2.45) is 0 Å². The topological polar surface area (TPSA) is 95.4 Å². The van der Waals surface area contributed by atoms with Crippen molar-refractivity contribution in [2.45, 2.75) is 10.1 Å². The lowest BCUT2D eigenvalue weighted by Gasteiger charge is -2.14. The Hall–Kier alpha value is -2.23. The fourth-order valence-corrected chi connectivity index (χ4v) is 3.15. The molecule has 3 rings (SSSR count). The first-order chi connectivity index (χ1) is 12.1. The Kier molecular flexibility index (Phi) is 5.47. The first-order valence-electron chi connectivity index (χ1n) is 7.28. The summed E-state index contributed by atoms with van der Waals surface area (Å²) in [7, 11) is 0. The van der Waals surface area contributed by atoms with E-state index in [1.807, 2.05) is 18.2 Å². The number of para-hydroxylation sites is 1. The van der Waals surface area contributed by atoms with Gasteiger partial charge in [-0.15, -0.1) is 0 Å². The molecule has 0 bridgehead atoms. The van der Waals surface area contributed by atoms with Gasteiger partial charge >= 0.3 is 0 Å². The molecule has 0 saturated carbocycles. The zero-order valence-electron chi connectivity index (χ0n) is 12.8. The number of anilines is 1. The maximum atomic E-state index is 12.2. The van der Waals surface area contributed by atoms with E-state index in [0.717, 1.165) is 14.3 Å². The van der Waals surface area contributed by atoms with Gasteiger partial charge in [0.15, 0.2) is 5.16 Å². The number of aromatic nitrogens is 2. The Morgan fingerprint density at radius 3 is 2.64 bits per heavy atom. The van der Waals surface area contributed by atoms with Crippen LogP contribution >= 0.6 is 27.7 Å². The van der Waals surface area contributed by atoms with Crippen molar-refractivity contribution in [2.75, 3.05) is 18.5 Å². The normalized spacial score (nSPS) is 14.0. The van der Waals surface area contributed by atoms with Crippen LogP contribution in [0, 0.1) is 0 Å². The number of β-amino-alcohol motifs (C(OH)–C–C–N with tert-alkyl or cyclic N) is 1. The molecule has 2 heterocycles. The molecule has 128 valence electrons. The van der Waals surface area contributed by atoms with E-state index in [-0.39, 0.29) is 18.8 Å². The zero-order valence-corrected chi connectivity index (χ0v) is 15.2. The van der Waals surface area contributed by atoms with E-state index >= 15 is 0 Å². The summed E-state index contributed by atoms with van der Waals surface area (Å²) in [4.78, 5) is 34.3. The summed E-state index contributed by atoms with van der Waals surface area (Å²) in [6, 6.07) is 7.35. The highest BCUT2D eigenvalue weighted by atomic mass is 79.9. The molecule has 2 aromatic rings. The number of rotatable bonds is 6. The van der Waals surface area contributed by atoms with Crippen LogP contribution in [0.25, 0.3) is 0 Å². The van der Waals surface area contributed by atoms with Crippen LogP contribution in [0.5, 0.6) is 0 Å². The van der Waals surface area contributed by atoms with E-state index in [1.165, 1.54) is 17.8 Å². The highest BCUT2D eigenvalue weighted by molar-refractivity contribution is 9.10. The van der Waals surface area contributed by atoms with Gasteiger partial charge in [0.25, 0.3) is 11.8 Å². The lowest BCUT2D eigenvalue weighted by molar-refractivity contribution is -0.137. The maximum Gasteiger partial charge on any atom is 0.277 e. The summed E-state index contributed by atoms with van der Waals surface area (Å²) in [6.07, 6.45) is 4.54. The van der Waals surface area contributed by atoms with Crippen LogP contribution in [-0.4, -0.2) is 44.9 Å². The number of hydrogen-bond donors (Lipinski definition) is 2. The second-order valence-corrected chi connectivity index (χ2v) is 6.91. The third kappa shape index (κ3) is 4.06. The minimum atomic E-state index is -0.459. The van der Waals surface area contributed by atoms with Crippen LogP contribution in [-0.2, 0) is 9.59 Å². The molecule has 25 heavy (non-hydrogen) atoms. The standard InChI is InChI=1S/C16H13BrN4O3S/c17-10-8-18-16(19-9-10)25-13-4-2-1-3-11(13)20-12-7-14(23)21(5-6-22)15(12)24/h1-4,7-9,20,22H,5-6H2. The predicted octanol–water partition coefficient (Wildman–Crippen LogP) is 2.05. The number of nitrogens with zero attached hydrogens (tertiary/aromatic N) is 3. The third-order valence-corrected chi connectivity index (χ3v) is 4.67. The molecule has 0 saturated heterocycles. The molecule has 1 aliphatic heterocycles. The van der Waals surface area contributed by atoms with Crippen LogP contribution in [0.4, 0.5) is 5.69 Å². The van der Waals surface area contributed by atoms with Gasteiger partial charge in [0.2, 0.25) is 0 Å². The van der Waals surface area contributed by atoms with Gasteiger partial charge in [-0.1, -0.05) is 12.1 Å². The minimum absolute atomic E-state index is 0.0253. The average molecular weight is 421 g/mol. The SMILES string of the molecule is O=C1C=C(Nc2ccccc2Sc2ncc(Br)cn2)C(=O)N1CCO. The number of nitrogens with one attached hydrogen (secondary N) is 1. The molecule has 2 amide bonds. The molecule has 0 aliphatic carbocycles. The molecule has 1 aromatic heterocycles. The molecule has 0 atom stereocenters. The number of halogens is 1. The lowest BCUT2D eigenvalue weighted by atomic mass is 10.3. The van der Waals surface area contributed by atoms with Gasteiger partial charge in [-0.25, -0.2) is 9.97 Å². The smallest absolute Gasteiger partial charge is 0.277 e. The van der Waals surface area contributed by atoms with Crippen LogP contribution in [0.1, 0.15) is 0 Å². The molecular formula is C16H13BrN4O3S. The summed E-state index contributed by atoms with van der Waals surface area (Å²) in [5.74, 6) is -0.901. The van der Waals surface area contributed by atoms with E-state index in [4.69, 9.17) is 5.11 Å². The van der Waals surface area contributed by atoms with E-state index in [9.17, 15) is 9.59 Å². The molecule has 0 radical (unpaired) electrons. The van der Waals surface area contributed by atoms with Crippen molar-refractivity contribution in [3.63, 3.8) is 0 Å². The fourth-order valence-electron chi connectivity index (χ4n) is 2.17. The maximum absolute atomic E-state index is 12.2. The Morgan fingerprint density at radius 1 is 1.20 bits per heavy atom. The number of amides is 2. The predicted molar refractivity (Wildman–Crippen MR) is 95.8 cm³/mol. The number of aliphatic hydroxyl groups excluding tert-OH is 1. The summed E-state index contributed by atoms with van der Waals surface area (Å²) in [5.41, 5.74) is 0.834. The van der Waals surface area contributed by atoms with E-state index in [2.05, 4.69) is 31.2 Å². The Morgan fingerprint density at radius 2 is 1.92 bits per heavy atom. The van der Waals surface area contributed by atoms with Gasteiger partial charge in [0.05, 0.1) is 23.3 Å². The first-order valence-corrected chi connectivity index (χ1v) is 8.89. The Labute approximate surface area is 156 Å². The molecule has 1 aromatic carbocycles. The van der Waals surface area contributed by atoms with E-state index < -0.39 is 11.8 Å². The van der Waals surface area contributed by atoms with Gasteiger partial charge in [0.1, 0.15) is 5.70 Å². The number of imide groups is 1. The molecule has 1 aliphatic rings. The van der Waals surface area contributed by atoms with Gasteiger partial charge in [-0.3, -0.25) is 14.5 Å². The van der Waals surface area contributed by atoms with Crippen molar-refractivity contribution in [1.82, 2.24) is 14.9 Å². The molecule has 9 heteroatoms. The van der Waals surface area contributed by atoms with Crippen molar-refractivity contribution < 1.29 is 14.7 Å². The van der Waals surface area contributed by atoms with Crippen molar-refractivity contribution in [1.29, 1.82) is 0 Å². The van der Waals surface area contributed by atoms with Gasteiger partial charge in [-0.2, -0.15) is 0 Å². The molecule has 0 fully saturated rings. The van der Waals surface area contributed by atoms with Gasteiger partial charge in [0, 0.05) is 23.4 Å². The monoisotopic (exact) mass is 420 g/mol. The molecule has 0 unspecified atom stereocenters. The lowest BCUT2D eigenvalue weighted by Crippen LogP contribution is -2.34. The van der Waals surface area contributed by atoms with Crippen LogP contribution in [0.3, 0.4) is 0 Å². The number of aliphatic hydroxyl groups is 1. The number of hydrogen-bond acceptors (Lipinski definition) is 7. The summed E-state index contributed by atoms with van der Waals surface area (Å²) in [5, 5.41) is 12.5. The van der Waals surface area contributed by atoms with E-state index in [0.29, 0.717) is 10.8 Å². The minimum Gasteiger partial charge on any atom is -0.395 e. The molecular weight excluding hydrogens is 408 g/mol. The van der Waals surface area contributed by atoms with E-state index in [1.54, 1.807) is 18.5 Å². The molecule has 2 N–H and O–H groups in total. The second-order valence-electron chi connectivity index (χ2n) is 4.98. The fraction of sp³-hybridized carbons (Fsp3) is 0.125. The van der Waals surface area contributed by atoms with Crippen molar-refractivity contribution in [3.05, 3.63) is 52.9 Å². The summed E-state index contributed by atoms with van der Waals surface area (Å²) in [6.45, 7) is -0.297. The number of carbonyl (C=O) groups excluding carboxylic acids is 2. The Balaban J connectivity index is 1.80. The average Bonchev–Trinajstić information content (AvgIpc) is 2.86. The quantitative estimate of drug-likeness (QED) is 0.545. The largest absolute Gasteiger partial charge is 0.395 e. The van der Waals surface area contributed by atoms with Gasteiger partial charge < -0.3 is 10.4 Å². The number of benzene rings is 1. The highest BCUT2D eigenvalue weighted by Crippen LogP contribution is 2.32. The van der Waals surface area contributed by atoms with Crippen molar-refractivity contribution >= 4 is 45.2 Å².